The summed E-state index contributed by atoms with van der Waals surface area (Å²) in [6, 6.07) is 9.62. The van der Waals surface area contributed by atoms with E-state index in [1.807, 2.05) is 0 Å². The van der Waals surface area contributed by atoms with E-state index in [-0.39, 0.29) is 19.4 Å². The van der Waals surface area contributed by atoms with Gasteiger partial charge in [-0.15, -0.1) is 0 Å². The molecule has 0 spiro atoms. The minimum atomic E-state index is -3.75. The lowest BCUT2D eigenvalue weighted by Gasteiger charge is -2.21. The zero-order valence-corrected chi connectivity index (χ0v) is 18.7. The van der Waals surface area contributed by atoms with E-state index in [0.717, 1.165) is 11.1 Å². The van der Waals surface area contributed by atoms with Crippen LogP contribution in [0.25, 0.3) is 0 Å². The van der Waals surface area contributed by atoms with Crippen LogP contribution in [0.5, 0.6) is 11.5 Å². The number of carboxylic acids is 1. The van der Waals surface area contributed by atoms with Crippen LogP contribution >= 0.6 is 30.8 Å². The second-order valence-electron chi connectivity index (χ2n) is 5.91. The number of aliphatic hydroxyl groups is 1. The van der Waals surface area contributed by atoms with Crippen LogP contribution in [-0.4, -0.2) is 35.6 Å². The van der Waals surface area contributed by atoms with Crippen LogP contribution < -0.4 is 14.4 Å². The Morgan fingerprint density at radius 3 is 1.79 bits per heavy atom. The molecule has 160 valence electrons. The summed E-state index contributed by atoms with van der Waals surface area (Å²) in [4.78, 5) is 10.7. The molecule has 0 radical (unpaired) electrons. The maximum absolute atomic E-state index is 13.2. The van der Waals surface area contributed by atoms with Crippen LogP contribution in [-0.2, 0) is 9.36 Å². The van der Waals surface area contributed by atoms with Gasteiger partial charge in [0.1, 0.15) is 17.8 Å². The Morgan fingerprint density at radius 1 is 1.03 bits per heavy atom. The predicted molar refractivity (Wildman–Crippen MR) is 115 cm³/mol. The van der Waals surface area contributed by atoms with E-state index in [0.29, 0.717) is 21.5 Å². The van der Waals surface area contributed by atoms with E-state index in [4.69, 9.17) is 42.5 Å². The number of aryl methyl sites for hydroxylation is 2. The van der Waals surface area contributed by atoms with Crippen molar-refractivity contribution in [1.29, 1.82) is 0 Å². The summed E-state index contributed by atoms with van der Waals surface area (Å²) in [5.41, 5.74) is 1.49. The number of nitrogens with one attached hydrogen (secondary N) is 1. The van der Waals surface area contributed by atoms with Gasteiger partial charge in [0.05, 0.1) is 6.54 Å². The minimum Gasteiger partial charge on any atom is -0.480 e. The first kappa shape index (κ1) is 25.3. The molecule has 0 aliphatic rings. The van der Waals surface area contributed by atoms with E-state index in [2.05, 4.69) is 5.32 Å². The van der Waals surface area contributed by atoms with Gasteiger partial charge >= 0.3 is 13.6 Å². The number of aliphatic carboxylic acids is 1. The molecule has 2 aromatic rings. The number of carbonyl (C=O) groups is 1. The second kappa shape index (κ2) is 12.1. The number of rotatable bonds is 8. The van der Waals surface area contributed by atoms with Gasteiger partial charge in [-0.05, 0) is 68.3 Å². The lowest BCUT2D eigenvalue weighted by Crippen LogP contribution is -2.26. The second-order valence-corrected chi connectivity index (χ2v) is 8.63. The van der Waals surface area contributed by atoms with Gasteiger partial charge in [0.25, 0.3) is 0 Å². The van der Waals surface area contributed by atoms with Crippen molar-refractivity contribution in [3.63, 3.8) is 0 Å². The normalized spacial score (nSPS) is 10.7. The molecule has 0 atom stereocenters. The van der Waals surface area contributed by atoms with E-state index in [1.165, 1.54) is 0 Å². The lowest BCUT2D eigenvalue weighted by molar-refractivity contribution is -0.135. The standard InChI is InChI=1S/C17H18Cl2NO5P.C2H6O/c1-11-7-13(3-5-15(11)18)24-26(23,10-20-9-17(21)22)25-14-4-6-16(19)12(2)8-14;1-2-3/h3-8,20H,9-10H2,1-2H3,(H,21,22);3H,2H2,1H3. The molecule has 29 heavy (non-hydrogen) atoms. The molecule has 0 amide bonds. The van der Waals surface area contributed by atoms with Crippen LogP contribution in [0, 0.1) is 13.8 Å². The van der Waals surface area contributed by atoms with E-state index in [1.54, 1.807) is 57.2 Å². The van der Waals surface area contributed by atoms with Crippen molar-refractivity contribution in [2.24, 2.45) is 0 Å². The van der Waals surface area contributed by atoms with Gasteiger partial charge in [0.2, 0.25) is 0 Å². The zero-order chi connectivity index (χ0) is 22.0. The van der Waals surface area contributed by atoms with Gasteiger partial charge in [-0.2, -0.15) is 0 Å². The molecule has 0 aromatic heterocycles. The average molecular weight is 464 g/mol. The summed E-state index contributed by atoms with van der Waals surface area (Å²) in [5, 5.41) is 20.0. The van der Waals surface area contributed by atoms with Gasteiger partial charge < -0.3 is 19.3 Å². The Balaban J connectivity index is 0.00000132. The summed E-state index contributed by atoms with van der Waals surface area (Å²) < 4.78 is 24.3. The number of carboxylic acid groups (broad SMARTS) is 1. The Hall–Kier alpha value is -1.76. The van der Waals surface area contributed by atoms with E-state index in [9.17, 15) is 9.36 Å². The maximum atomic E-state index is 13.2. The first-order valence-corrected chi connectivity index (χ1v) is 11.1. The van der Waals surface area contributed by atoms with Crippen molar-refractivity contribution >= 4 is 36.8 Å². The smallest absolute Gasteiger partial charge is 0.444 e. The summed E-state index contributed by atoms with van der Waals surface area (Å²) >= 11 is 12.0. The van der Waals surface area contributed by atoms with Crippen molar-refractivity contribution < 1.29 is 28.6 Å². The van der Waals surface area contributed by atoms with Crippen LogP contribution in [0.4, 0.5) is 0 Å². The maximum Gasteiger partial charge on any atom is 0.444 e. The van der Waals surface area contributed by atoms with Crippen molar-refractivity contribution in [2.45, 2.75) is 20.8 Å². The number of benzene rings is 2. The largest absolute Gasteiger partial charge is 0.480 e. The molecule has 10 heteroatoms. The third kappa shape index (κ3) is 9.07. The van der Waals surface area contributed by atoms with Gasteiger partial charge in [-0.3, -0.25) is 10.1 Å². The average Bonchev–Trinajstić information content (AvgIpc) is 2.62. The molecule has 0 fully saturated rings. The summed E-state index contributed by atoms with van der Waals surface area (Å²) in [5.74, 6) is -0.475. The molecule has 0 saturated carbocycles. The predicted octanol–water partition coefficient (Wildman–Crippen LogP) is 4.89. The molecule has 0 bridgehead atoms. The monoisotopic (exact) mass is 463 g/mol. The quantitative estimate of drug-likeness (QED) is 0.478. The molecule has 0 aliphatic carbocycles. The van der Waals surface area contributed by atoms with Gasteiger partial charge in [-0.25, -0.2) is 4.57 Å². The van der Waals surface area contributed by atoms with Crippen molar-refractivity contribution in [2.75, 3.05) is 19.4 Å². The van der Waals surface area contributed by atoms with Crippen molar-refractivity contribution in [3.05, 3.63) is 57.6 Å². The van der Waals surface area contributed by atoms with Crippen LogP contribution in [0.3, 0.4) is 0 Å². The van der Waals surface area contributed by atoms with Gasteiger partial charge in [0, 0.05) is 16.7 Å². The van der Waals surface area contributed by atoms with Crippen LogP contribution in [0.2, 0.25) is 10.0 Å². The number of hydrogen-bond acceptors (Lipinski definition) is 6. The first-order valence-electron chi connectivity index (χ1n) is 8.64. The highest BCUT2D eigenvalue weighted by Gasteiger charge is 2.28. The Kier molecular flexibility index (Phi) is 10.5. The highest BCUT2D eigenvalue weighted by atomic mass is 35.5. The summed E-state index contributed by atoms with van der Waals surface area (Å²) in [7, 11) is -3.75. The molecule has 0 unspecified atom stereocenters. The Labute approximate surface area is 180 Å². The van der Waals surface area contributed by atoms with Crippen LogP contribution in [0.1, 0.15) is 18.1 Å². The Bertz CT molecular complexity index is 820. The third-order valence-electron chi connectivity index (χ3n) is 3.33. The highest BCUT2D eigenvalue weighted by Crippen LogP contribution is 2.48. The molecule has 2 rings (SSSR count). The number of hydrogen-bond donors (Lipinski definition) is 3. The molecule has 0 heterocycles. The molecule has 0 saturated heterocycles. The summed E-state index contributed by atoms with van der Waals surface area (Å²) in [6.45, 7) is 5.12. The lowest BCUT2D eigenvalue weighted by atomic mass is 10.2. The van der Waals surface area contributed by atoms with Gasteiger partial charge in [0.15, 0.2) is 0 Å². The highest BCUT2D eigenvalue weighted by molar-refractivity contribution is 7.54. The number of aliphatic hydroxyl groups excluding tert-OH is 1. The Morgan fingerprint density at radius 2 is 1.45 bits per heavy atom. The van der Waals surface area contributed by atoms with Crippen molar-refractivity contribution in [1.82, 2.24) is 5.32 Å². The molecule has 3 N–H and O–H groups in total. The SMILES string of the molecule is CCO.Cc1cc(OP(=O)(CNCC(=O)O)Oc2ccc(Cl)c(C)c2)ccc1Cl. The fraction of sp³-hybridized carbons (Fsp3) is 0.316. The molecule has 0 aliphatic heterocycles. The van der Waals surface area contributed by atoms with Crippen molar-refractivity contribution in [3.8, 4) is 11.5 Å². The third-order valence-corrected chi connectivity index (χ3v) is 5.77. The molecular formula is C19H24Cl2NO6P. The number of halogens is 2. The molecular weight excluding hydrogens is 440 g/mol. The topological polar surface area (TPSA) is 105 Å². The minimum absolute atomic E-state index is 0.250. The van der Waals surface area contributed by atoms with Crippen LogP contribution in [0.15, 0.2) is 36.4 Å². The molecule has 7 nitrogen and oxygen atoms in total. The van der Waals surface area contributed by atoms with Gasteiger partial charge in [-0.1, -0.05) is 23.2 Å². The summed E-state index contributed by atoms with van der Waals surface area (Å²) in [6.07, 6.45) is -0.289. The fourth-order valence-corrected chi connectivity index (χ4v) is 3.71. The van der Waals surface area contributed by atoms with E-state index < -0.39 is 13.6 Å². The fourth-order valence-electron chi connectivity index (χ4n) is 2.05. The first-order chi connectivity index (χ1) is 13.6. The zero-order valence-electron chi connectivity index (χ0n) is 16.3. The molecule has 2 aromatic carbocycles. The van der Waals surface area contributed by atoms with E-state index >= 15 is 0 Å².